The minimum Gasteiger partial charge on any atom is -0.466 e. The molecule has 154 valence electrons. The Hall–Kier alpha value is -3.88. The van der Waals surface area contributed by atoms with E-state index < -0.39 is 0 Å². The number of hydrogen-bond acceptors (Lipinski definition) is 5. The van der Waals surface area contributed by atoms with E-state index in [0.717, 1.165) is 22.3 Å². The molecular formula is C21H22N6O3. The molecule has 0 spiro atoms. The summed E-state index contributed by atoms with van der Waals surface area (Å²) in [6.07, 6.45) is 1.64. The number of carbonyl (C=O) groups is 1. The number of nitrogens with zero attached hydrogens (tertiary/aromatic N) is 4. The van der Waals surface area contributed by atoms with Crippen LogP contribution in [-0.4, -0.2) is 36.8 Å². The van der Waals surface area contributed by atoms with Gasteiger partial charge in [-0.3, -0.25) is 9.36 Å². The second-order valence-electron chi connectivity index (χ2n) is 7.17. The fraction of sp³-hybridized carbons (Fsp3) is 0.238. The highest BCUT2D eigenvalue weighted by Gasteiger charge is 2.16. The van der Waals surface area contributed by atoms with Gasteiger partial charge in [-0.15, -0.1) is 5.10 Å². The van der Waals surface area contributed by atoms with Gasteiger partial charge in [0.1, 0.15) is 0 Å². The van der Waals surface area contributed by atoms with Crippen molar-refractivity contribution < 1.29 is 9.53 Å². The number of carbonyl (C=O) groups excluding carboxylic acids is 1. The molecule has 1 amide bonds. The van der Waals surface area contributed by atoms with Crippen LogP contribution in [0.25, 0.3) is 16.7 Å². The van der Waals surface area contributed by atoms with Crippen LogP contribution in [0.5, 0.6) is 5.88 Å². The molecule has 0 unspecified atom stereocenters. The monoisotopic (exact) mass is 406 g/mol. The van der Waals surface area contributed by atoms with Gasteiger partial charge in [0.15, 0.2) is 12.3 Å². The van der Waals surface area contributed by atoms with Crippen LogP contribution in [0.15, 0.2) is 41.3 Å². The standard InChI is InChI=1S/C21H22N6O3/c1-12-8-13(2)23-19-18(12)20(25-26(19)4)30-11-17(28)24-15-6-5-7-16(9-15)27-14(3)10-22-21(27)29/h5-10H,11H2,1-4H3,(H,22,29)(H,24,28). The molecule has 0 radical (unpaired) electrons. The van der Waals surface area contributed by atoms with Crippen LogP contribution < -0.4 is 15.7 Å². The largest absolute Gasteiger partial charge is 0.466 e. The summed E-state index contributed by atoms with van der Waals surface area (Å²) in [7, 11) is 1.79. The van der Waals surface area contributed by atoms with E-state index in [0.29, 0.717) is 22.9 Å². The van der Waals surface area contributed by atoms with Crippen molar-refractivity contribution in [1.29, 1.82) is 0 Å². The van der Waals surface area contributed by atoms with Gasteiger partial charge in [-0.05, 0) is 50.6 Å². The summed E-state index contributed by atoms with van der Waals surface area (Å²) in [6.45, 7) is 5.51. The average molecular weight is 406 g/mol. The lowest BCUT2D eigenvalue weighted by Gasteiger charge is -2.09. The number of anilines is 1. The maximum atomic E-state index is 12.4. The summed E-state index contributed by atoms with van der Waals surface area (Å²) in [5.74, 6) is 0.0396. The Morgan fingerprint density at radius 1 is 1.23 bits per heavy atom. The molecule has 30 heavy (non-hydrogen) atoms. The first kappa shape index (κ1) is 19.4. The van der Waals surface area contributed by atoms with E-state index in [1.807, 2.05) is 26.8 Å². The maximum absolute atomic E-state index is 12.4. The molecule has 0 aliphatic rings. The van der Waals surface area contributed by atoms with Crippen molar-refractivity contribution in [2.45, 2.75) is 20.8 Å². The SMILES string of the molecule is Cc1cc(C)c2c(OCC(=O)Nc3cccc(-n4c(C)c[nH]c4=O)c3)nn(C)c2n1. The molecule has 3 heterocycles. The summed E-state index contributed by atoms with van der Waals surface area (Å²) in [5.41, 5.74) is 4.35. The number of imidazole rings is 1. The number of benzene rings is 1. The van der Waals surface area contributed by atoms with Gasteiger partial charge in [0.05, 0.1) is 11.1 Å². The fourth-order valence-electron chi connectivity index (χ4n) is 3.48. The number of pyridine rings is 1. The van der Waals surface area contributed by atoms with E-state index in [1.54, 1.807) is 42.2 Å². The summed E-state index contributed by atoms with van der Waals surface area (Å²) < 4.78 is 8.86. The minimum atomic E-state index is -0.332. The fourth-order valence-corrected chi connectivity index (χ4v) is 3.48. The predicted molar refractivity (Wildman–Crippen MR) is 113 cm³/mol. The highest BCUT2D eigenvalue weighted by molar-refractivity contribution is 5.92. The normalized spacial score (nSPS) is 11.1. The minimum absolute atomic E-state index is 0.202. The first-order chi connectivity index (χ1) is 14.3. The number of rotatable bonds is 5. The number of hydrogen-bond donors (Lipinski definition) is 2. The molecule has 3 aromatic heterocycles. The van der Waals surface area contributed by atoms with Crippen molar-refractivity contribution in [1.82, 2.24) is 24.3 Å². The molecule has 0 bridgehead atoms. The van der Waals surface area contributed by atoms with Crippen molar-refractivity contribution in [3.05, 3.63) is 64.0 Å². The number of aromatic amines is 1. The lowest BCUT2D eigenvalue weighted by Crippen LogP contribution is -2.21. The van der Waals surface area contributed by atoms with Crippen LogP contribution in [-0.2, 0) is 11.8 Å². The molecule has 0 aliphatic carbocycles. The molecule has 0 fully saturated rings. The average Bonchev–Trinajstić information content (AvgIpc) is 3.19. The van der Waals surface area contributed by atoms with E-state index in [9.17, 15) is 9.59 Å². The Kier molecular flexibility index (Phi) is 4.86. The summed E-state index contributed by atoms with van der Waals surface area (Å²) >= 11 is 0. The zero-order valence-electron chi connectivity index (χ0n) is 17.2. The number of nitrogens with one attached hydrogen (secondary N) is 2. The highest BCUT2D eigenvalue weighted by Crippen LogP contribution is 2.27. The second kappa shape index (κ2) is 7.51. The van der Waals surface area contributed by atoms with Crippen LogP contribution in [0.1, 0.15) is 17.0 Å². The van der Waals surface area contributed by atoms with Gasteiger partial charge >= 0.3 is 5.69 Å². The Bertz CT molecular complexity index is 1310. The molecule has 9 heteroatoms. The first-order valence-corrected chi connectivity index (χ1v) is 9.44. The molecule has 9 nitrogen and oxygen atoms in total. The molecule has 4 aromatic rings. The first-order valence-electron chi connectivity index (χ1n) is 9.44. The lowest BCUT2D eigenvalue weighted by molar-refractivity contribution is -0.118. The van der Waals surface area contributed by atoms with E-state index in [1.165, 1.54) is 4.57 Å². The summed E-state index contributed by atoms with van der Waals surface area (Å²) in [6, 6.07) is 9.00. The zero-order chi connectivity index (χ0) is 21.4. The van der Waals surface area contributed by atoms with Crippen molar-refractivity contribution in [2.24, 2.45) is 7.05 Å². The Labute approximate surface area is 172 Å². The summed E-state index contributed by atoms with van der Waals surface area (Å²) in [5, 5.41) is 7.93. The van der Waals surface area contributed by atoms with Gasteiger partial charge in [-0.1, -0.05) is 6.07 Å². The van der Waals surface area contributed by atoms with Crippen LogP contribution in [0.3, 0.4) is 0 Å². The molecule has 0 atom stereocenters. The third-order valence-corrected chi connectivity index (χ3v) is 4.78. The smallest absolute Gasteiger partial charge is 0.330 e. The van der Waals surface area contributed by atoms with Gasteiger partial charge in [0, 0.05) is 30.3 Å². The van der Waals surface area contributed by atoms with E-state index in [-0.39, 0.29) is 18.2 Å². The van der Waals surface area contributed by atoms with Gasteiger partial charge < -0.3 is 15.0 Å². The molecular weight excluding hydrogens is 384 g/mol. The van der Waals surface area contributed by atoms with Crippen LogP contribution in [0, 0.1) is 20.8 Å². The van der Waals surface area contributed by atoms with E-state index in [4.69, 9.17) is 4.74 Å². The third-order valence-electron chi connectivity index (χ3n) is 4.78. The van der Waals surface area contributed by atoms with E-state index >= 15 is 0 Å². The molecule has 4 rings (SSSR count). The number of ether oxygens (including phenoxy) is 1. The van der Waals surface area contributed by atoms with E-state index in [2.05, 4.69) is 20.4 Å². The molecule has 0 saturated heterocycles. The van der Waals surface area contributed by atoms with Gasteiger partial charge in [0.2, 0.25) is 5.88 Å². The number of aryl methyl sites for hydroxylation is 4. The predicted octanol–water partition coefficient (Wildman–Crippen LogP) is 2.39. The third kappa shape index (κ3) is 3.57. The van der Waals surface area contributed by atoms with Crippen molar-refractivity contribution in [2.75, 3.05) is 11.9 Å². The maximum Gasteiger partial charge on any atom is 0.330 e. The molecule has 0 aliphatic heterocycles. The van der Waals surface area contributed by atoms with Gasteiger partial charge in [-0.25, -0.2) is 14.5 Å². The molecule has 2 N–H and O–H groups in total. The summed E-state index contributed by atoms with van der Waals surface area (Å²) in [4.78, 5) is 31.5. The molecule has 1 aromatic carbocycles. The number of H-pyrrole nitrogens is 1. The van der Waals surface area contributed by atoms with Gasteiger partial charge in [-0.2, -0.15) is 0 Å². The zero-order valence-corrected chi connectivity index (χ0v) is 17.2. The lowest BCUT2D eigenvalue weighted by atomic mass is 10.2. The number of amides is 1. The van der Waals surface area contributed by atoms with Crippen LogP contribution in [0.4, 0.5) is 5.69 Å². The van der Waals surface area contributed by atoms with Crippen LogP contribution in [0.2, 0.25) is 0 Å². The van der Waals surface area contributed by atoms with Crippen molar-refractivity contribution >= 4 is 22.6 Å². The second-order valence-corrected chi connectivity index (χ2v) is 7.17. The number of aromatic nitrogens is 5. The number of fused-ring (bicyclic) bond motifs is 1. The van der Waals surface area contributed by atoms with Crippen LogP contribution >= 0.6 is 0 Å². The topological polar surface area (TPSA) is 107 Å². The Morgan fingerprint density at radius 2 is 2.03 bits per heavy atom. The molecule has 0 saturated carbocycles. The quantitative estimate of drug-likeness (QED) is 0.529. The highest BCUT2D eigenvalue weighted by atomic mass is 16.5. The van der Waals surface area contributed by atoms with Crippen molar-refractivity contribution in [3.8, 4) is 11.6 Å². The Morgan fingerprint density at radius 3 is 2.77 bits per heavy atom. The van der Waals surface area contributed by atoms with Gasteiger partial charge in [0.25, 0.3) is 5.91 Å². The van der Waals surface area contributed by atoms with Crippen molar-refractivity contribution in [3.63, 3.8) is 0 Å². The Balaban J connectivity index is 1.50.